The molecular weight excluding hydrogens is 495 g/mol. The molecular formula is C32H31FN2O4. The van der Waals surface area contributed by atoms with Crippen LogP contribution in [0.5, 0.6) is 11.5 Å². The topological polar surface area (TPSA) is 86.7 Å². The highest BCUT2D eigenvalue weighted by molar-refractivity contribution is 5.92. The molecule has 0 fully saturated rings. The number of nitrogens with two attached hydrogens (primary N) is 1. The number of carbonyl (C=O) groups is 1. The van der Waals surface area contributed by atoms with E-state index in [0.717, 1.165) is 39.1 Å². The summed E-state index contributed by atoms with van der Waals surface area (Å²) in [5, 5.41) is 3.59. The Bertz CT molecular complexity index is 1590. The van der Waals surface area contributed by atoms with E-state index >= 15 is 0 Å². The van der Waals surface area contributed by atoms with Crippen molar-refractivity contribution in [3.8, 4) is 22.6 Å². The summed E-state index contributed by atoms with van der Waals surface area (Å²) in [5.41, 5.74) is 14.1. The Hall–Kier alpha value is -4.36. The highest BCUT2D eigenvalue weighted by atomic mass is 19.1. The van der Waals surface area contributed by atoms with Gasteiger partial charge in [0, 0.05) is 22.9 Å². The molecule has 1 aliphatic rings. The van der Waals surface area contributed by atoms with Gasteiger partial charge in [-0.3, -0.25) is 0 Å². The lowest BCUT2D eigenvalue weighted by Gasteiger charge is -2.35. The highest BCUT2D eigenvalue weighted by Gasteiger charge is 2.30. The largest absolute Gasteiger partial charge is 0.496 e. The number of allylic oxidation sites excluding steroid dienone is 1. The fraction of sp³-hybridized carbons (Fsp3) is 0.219. The lowest BCUT2D eigenvalue weighted by Crippen LogP contribution is -2.32. The van der Waals surface area contributed by atoms with Crippen molar-refractivity contribution >= 4 is 17.2 Å². The Morgan fingerprint density at radius 2 is 1.82 bits per heavy atom. The molecule has 7 heteroatoms. The molecule has 0 saturated heterocycles. The summed E-state index contributed by atoms with van der Waals surface area (Å²) in [4.78, 5) is 12.5. The second kappa shape index (κ2) is 10.1. The van der Waals surface area contributed by atoms with Gasteiger partial charge in [0.2, 0.25) is 0 Å². The van der Waals surface area contributed by atoms with Crippen molar-refractivity contribution in [3.63, 3.8) is 0 Å². The third kappa shape index (κ3) is 5.05. The molecule has 0 saturated carbocycles. The van der Waals surface area contributed by atoms with Gasteiger partial charge in [-0.25, -0.2) is 9.18 Å². The van der Waals surface area contributed by atoms with Gasteiger partial charge in [-0.05, 0) is 91.9 Å². The Morgan fingerprint density at radius 3 is 2.54 bits per heavy atom. The van der Waals surface area contributed by atoms with Gasteiger partial charge in [0.25, 0.3) is 0 Å². The normalized spacial score (nSPS) is 14.6. The number of fused-ring (bicyclic) bond motifs is 1. The van der Waals surface area contributed by atoms with Crippen LogP contribution in [0, 0.1) is 12.7 Å². The molecule has 5 rings (SSSR count). The number of nitrogens with one attached hydrogen (secondary N) is 1. The molecule has 1 aliphatic heterocycles. The van der Waals surface area contributed by atoms with Crippen LogP contribution in [0.4, 0.5) is 10.1 Å². The van der Waals surface area contributed by atoms with E-state index in [1.165, 1.54) is 30.7 Å². The fourth-order valence-corrected chi connectivity index (χ4v) is 5.31. The predicted octanol–water partition coefficient (Wildman–Crippen LogP) is 7.28. The molecule has 3 aromatic carbocycles. The van der Waals surface area contributed by atoms with Crippen LogP contribution in [0.25, 0.3) is 16.7 Å². The molecule has 0 amide bonds. The van der Waals surface area contributed by atoms with Crippen molar-refractivity contribution in [2.24, 2.45) is 5.73 Å². The first kappa shape index (κ1) is 26.3. The first-order valence-electron chi connectivity index (χ1n) is 12.7. The number of aryl methyl sites for hydroxylation is 1. The van der Waals surface area contributed by atoms with Gasteiger partial charge < -0.3 is 24.9 Å². The summed E-state index contributed by atoms with van der Waals surface area (Å²) in [7, 11) is 1.56. The number of methoxy groups -OCH3 is 1. The Balaban J connectivity index is 1.67. The van der Waals surface area contributed by atoms with E-state index in [2.05, 4.69) is 32.2 Å². The molecule has 6 nitrogen and oxygen atoms in total. The summed E-state index contributed by atoms with van der Waals surface area (Å²) in [6.07, 6.45) is 4.91. The van der Waals surface area contributed by atoms with Gasteiger partial charge in [0.15, 0.2) is 0 Å². The van der Waals surface area contributed by atoms with Crippen LogP contribution in [-0.2, 0) is 0 Å². The van der Waals surface area contributed by atoms with E-state index in [9.17, 15) is 9.18 Å². The van der Waals surface area contributed by atoms with E-state index in [1.54, 1.807) is 25.3 Å². The predicted molar refractivity (Wildman–Crippen MR) is 151 cm³/mol. The van der Waals surface area contributed by atoms with Crippen LogP contribution < -0.4 is 20.5 Å². The molecule has 4 aromatic rings. The van der Waals surface area contributed by atoms with Crippen molar-refractivity contribution in [2.75, 3.05) is 12.4 Å². The molecule has 1 atom stereocenters. The number of hydrogen-bond donors (Lipinski definition) is 2. The highest BCUT2D eigenvalue weighted by Crippen LogP contribution is 2.46. The number of hydrogen-bond acceptors (Lipinski definition) is 6. The first-order chi connectivity index (χ1) is 18.6. The number of furan rings is 1. The molecule has 0 bridgehead atoms. The minimum Gasteiger partial charge on any atom is -0.496 e. The number of halogens is 1. The first-order valence-corrected chi connectivity index (χ1v) is 12.7. The number of ether oxygens (including phenoxy) is 2. The van der Waals surface area contributed by atoms with E-state index in [-0.39, 0.29) is 11.4 Å². The zero-order valence-corrected chi connectivity index (χ0v) is 22.6. The van der Waals surface area contributed by atoms with Gasteiger partial charge in [-0.2, -0.15) is 0 Å². The van der Waals surface area contributed by atoms with E-state index in [4.69, 9.17) is 19.6 Å². The van der Waals surface area contributed by atoms with E-state index in [0.29, 0.717) is 22.6 Å². The lowest BCUT2D eigenvalue weighted by atomic mass is 9.80. The number of rotatable bonds is 6. The summed E-state index contributed by atoms with van der Waals surface area (Å²) < 4.78 is 30.7. The minimum atomic E-state index is -0.625. The van der Waals surface area contributed by atoms with Crippen molar-refractivity contribution in [2.45, 2.75) is 39.3 Å². The Morgan fingerprint density at radius 1 is 1.05 bits per heavy atom. The van der Waals surface area contributed by atoms with Crippen molar-refractivity contribution in [1.82, 2.24) is 0 Å². The number of esters is 1. The monoisotopic (exact) mass is 526 g/mol. The van der Waals surface area contributed by atoms with Crippen LogP contribution in [0.2, 0.25) is 0 Å². The maximum absolute atomic E-state index is 14.4. The maximum atomic E-state index is 14.4. The SMILES string of the molecule is COc1cc(OC(=O)c2ccoc2)ccc1-c1ccc2c(c1C(N)c1cc(F)ccc1C)C(C)=CC(C)(C)N2. The zero-order valence-electron chi connectivity index (χ0n) is 22.6. The summed E-state index contributed by atoms with van der Waals surface area (Å²) in [6, 6.07) is 14.8. The van der Waals surface area contributed by atoms with Crippen LogP contribution in [0.1, 0.15) is 59.4 Å². The van der Waals surface area contributed by atoms with Gasteiger partial charge in [0.05, 0.1) is 30.5 Å². The van der Waals surface area contributed by atoms with Gasteiger partial charge >= 0.3 is 5.97 Å². The Labute approximate surface area is 227 Å². The standard InChI is InChI=1S/C32H31FN2O4/c1-18-6-7-21(33)14-25(18)30(34)29-24(10-11-26-28(29)19(2)16-32(3,4)35-26)23-9-8-22(15-27(23)37-5)39-31(36)20-12-13-38-17-20/h6-17,30,35H,34H2,1-5H3. The molecule has 1 aromatic heterocycles. The molecule has 2 heterocycles. The second-order valence-electron chi connectivity index (χ2n) is 10.4. The second-order valence-corrected chi connectivity index (χ2v) is 10.4. The van der Waals surface area contributed by atoms with E-state index < -0.39 is 12.0 Å². The quantitative estimate of drug-likeness (QED) is 0.203. The van der Waals surface area contributed by atoms with Crippen LogP contribution >= 0.6 is 0 Å². The van der Waals surface area contributed by atoms with Crippen molar-refractivity contribution < 1.29 is 23.1 Å². The number of anilines is 1. The molecule has 0 radical (unpaired) electrons. The van der Waals surface area contributed by atoms with Crippen LogP contribution in [-0.4, -0.2) is 18.6 Å². The third-order valence-electron chi connectivity index (χ3n) is 6.99. The smallest absolute Gasteiger partial charge is 0.346 e. The molecule has 0 spiro atoms. The summed E-state index contributed by atoms with van der Waals surface area (Å²) in [6.45, 7) is 8.21. The fourth-order valence-electron chi connectivity index (χ4n) is 5.31. The minimum absolute atomic E-state index is 0.243. The number of benzene rings is 3. The van der Waals surface area contributed by atoms with Crippen LogP contribution in [0.3, 0.4) is 0 Å². The maximum Gasteiger partial charge on any atom is 0.346 e. The molecule has 39 heavy (non-hydrogen) atoms. The van der Waals surface area contributed by atoms with Gasteiger partial charge in [-0.15, -0.1) is 0 Å². The van der Waals surface area contributed by atoms with E-state index in [1.807, 2.05) is 25.1 Å². The molecule has 1 unspecified atom stereocenters. The van der Waals surface area contributed by atoms with Gasteiger partial charge in [-0.1, -0.05) is 18.2 Å². The average molecular weight is 527 g/mol. The molecule has 3 N–H and O–H groups in total. The summed E-state index contributed by atoms with van der Waals surface area (Å²) >= 11 is 0. The lowest BCUT2D eigenvalue weighted by molar-refractivity contribution is 0.0733. The molecule has 0 aliphatic carbocycles. The van der Waals surface area contributed by atoms with Gasteiger partial charge in [0.1, 0.15) is 23.6 Å². The third-order valence-corrected chi connectivity index (χ3v) is 6.99. The summed E-state index contributed by atoms with van der Waals surface area (Å²) in [5.74, 6) is -0.0509. The van der Waals surface area contributed by atoms with Crippen molar-refractivity contribution in [1.29, 1.82) is 0 Å². The van der Waals surface area contributed by atoms with Crippen LogP contribution in [0.15, 0.2) is 77.6 Å². The molecule has 200 valence electrons. The Kier molecular flexibility index (Phi) is 6.78. The van der Waals surface area contributed by atoms with Crippen molar-refractivity contribution in [3.05, 3.63) is 107 Å². The average Bonchev–Trinajstić information content (AvgIpc) is 3.44. The number of carbonyl (C=O) groups excluding carboxylic acids is 1. The zero-order chi connectivity index (χ0) is 27.9.